The van der Waals surface area contributed by atoms with E-state index in [4.69, 9.17) is 9.47 Å². The highest BCUT2D eigenvalue weighted by Gasteiger charge is 2.02. The highest BCUT2D eigenvalue weighted by atomic mass is 16.5. The van der Waals surface area contributed by atoms with Crippen molar-refractivity contribution < 1.29 is 19.1 Å². The minimum atomic E-state index is -0.365. The summed E-state index contributed by atoms with van der Waals surface area (Å²) in [5.41, 5.74) is 2.78. The van der Waals surface area contributed by atoms with Crippen LogP contribution in [-0.4, -0.2) is 25.2 Å². The summed E-state index contributed by atoms with van der Waals surface area (Å²) in [5.74, 6) is -0.683. The van der Waals surface area contributed by atoms with Crippen LogP contribution in [0.3, 0.4) is 0 Å². The molecule has 142 valence electrons. The van der Waals surface area contributed by atoms with Crippen LogP contribution < -0.4 is 0 Å². The first kappa shape index (κ1) is 21.9. The van der Waals surface area contributed by atoms with Crippen molar-refractivity contribution in [3.8, 4) is 0 Å². The standard InChI is InChI=1S/C12H14O2.C11H12O2/c1-10(2)12(13)14-9-8-11-6-4-3-5-7-11;1-2-11(12)13-9-8-10-6-4-3-5-7-10/h3-7H,1,8-9H2,2H3;2-7H,1,8-9H2. The molecular weight excluding hydrogens is 340 g/mol. The third-order valence-corrected chi connectivity index (χ3v) is 3.46. The fourth-order valence-corrected chi connectivity index (χ4v) is 2.00. The Bertz CT molecular complexity index is 721. The van der Waals surface area contributed by atoms with E-state index in [0.717, 1.165) is 12.8 Å². The maximum Gasteiger partial charge on any atom is 0.333 e. The summed E-state index contributed by atoms with van der Waals surface area (Å²) >= 11 is 0. The van der Waals surface area contributed by atoms with Gasteiger partial charge in [0.1, 0.15) is 0 Å². The lowest BCUT2D eigenvalue weighted by Crippen LogP contribution is -2.07. The predicted molar refractivity (Wildman–Crippen MR) is 107 cm³/mol. The monoisotopic (exact) mass is 366 g/mol. The van der Waals surface area contributed by atoms with E-state index in [1.165, 1.54) is 17.2 Å². The van der Waals surface area contributed by atoms with E-state index in [-0.39, 0.29) is 11.9 Å². The zero-order valence-corrected chi connectivity index (χ0v) is 15.7. The van der Waals surface area contributed by atoms with Crippen molar-refractivity contribution in [1.82, 2.24) is 0 Å². The highest BCUT2D eigenvalue weighted by molar-refractivity contribution is 5.86. The number of ether oxygens (including phenoxy) is 2. The molecule has 0 saturated heterocycles. The zero-order chi connectivity index (χ0) is 19.9. The lowest BCUT2D eigenvalue weighted by molar-refractivity contribution is -0.139. The summed E-state index contributed by atoms with van der Waals surface area (Å²) < 4.78 is 9.81. The van der Waals surface area contributed by atoms with E-state index in [1.807, 2.05) is 60.7 Å². The molecule has 0 atom stereocenters. The van der Waals surface area contributed by atoms with Crippen LogP contribution in [-0.2, 0) is 31.9 Å². The van der Waals surface area contributed by atoms with Crippen LogP contribution in [0, 0.1) is 0 Å². The van der Waals surface area contributed by atoms with E-state index >= 15 is 0 Å². The largest absolute Gasteiger partial charge is 0.462 e. The van der Waals surface area contributed by atoms with Crippen molar-refractivity contribution >= 4 is 11.9 Å². The molecule has 27 heavy (non-hydrogen) atoms. The second kappa shape index (κ2) is 13.1. The van der Waals surface area contributed by atoms with E-state index in [1.54, 1.807) is 6.92 Å². The third-order valence-electron chi connectivity index (χ3n) is 3.46. The lowest BCUT2D eigenvalue weighted by Gasteiger charge is -2.03. The summed E-state index contributed by atoms with van der Waals surface area (Å²) in [4.78, 5) is 21.7. The first-order chi connectivity index (χ1) is 13.0. The molecule has 0 aliphatic heterocycles. The SMILES string of the molecule is C=C(C)C(=O)OCCc1ccccc1.C=CC(=O)OCCc1ccccc1. The molecule has 0 bridgehead atoms. The molecular formula is C23H26O4. The molecule has 0 fully saturated rings. The van der Waals surface area contributed by atoms with Gasteiger partial charge in [0.05, 0.1) is 13.2 Å². The Kier molecular flexibility index (Phi) is 10.6. The van der Waals surface area contributed by atoms with Gasteiger partial charge in [-0.1, -0.05) is 73.8 Å². The molecule has 0 N–H and O–H groups in total. The Balaban J connectivity index is 0.000000271. The summed E-state index contributed by atoms with van der Waals surface area (Å²) in [6, 6.07) is 19.8. The number of rotatable bonds is 8. The molecule has 4 heteroatoms. The fraction of sp³-hybridized carbons (Fsp3) is 0.217. The molecule has 0 unspecified atom stereocenters. The first-order valence-corrected chi connectivity index (χ1v) is 8.72. The van der Waals surface area contributed by atoms with Crippen LogP contribution in [0.1, 0.15) is 18.1 Å². The molecule has 0 saturated carbocycles. The number of carbonyl (C=O) groups excluding carboxylic acids is 2. The van der Waals surface area contributed by atoms with Gasteiger partial charge in [0.2, 0.25) is 0 Å². The van der Waals surface area contributed by atoms with Crippen molar-refractivity contribution in [2.45, 2.75) is 19.8 Å². The second-order valence-corrected chi connectivity index (χ2v) is 5.76. The predicted octanol–water partition coefficient (Wildman–Crippen LogP) is 4.31. The van der Waals surface area contributed by atoms with Crippen LogP contribution in [0.5, 0.6) is 0 Å². The first-order valence-electron chi connectivity index (χ1n) is 8.72. The summed E-state index contributed by atoms with van der Waals surface area (Å²) in [5, 5.41) is 0. The number of hydrogen-bond acceptors (Lipinski definition) is 4. The number of carbonyl (C=O) groups is 2. The summed E-state index contributed by atoms with van der Waals surface area (Å²) in [7, 11) is 0. The topological polar surface area (TPSA) is 52.6 Å². The Morgan fingerprint density at radius 1 is 0.852 bits per heavy atom. The Hall–Kier alpha value is -3.14. The van der Waals surface area contributed by atoms with Gasteiger partial charge in [-0.2, -0.15) is 0 Å². The second-order valence-electron chi connectivity index (χ2n) is 5.76. The smallest absolute Gasteiger partial charge is 0.333 e. The molecule has 2 aromatic rings. The molecule has 4 nitrogen and oxygen atoms in total. The Morgan fingerprint density at radius 2 is 1.30 bits per heavy atom. The van der Waals surface area contributed by atoms with Crippen LogP contribution in [0.25, 0.3) is 0 Å². The average Bonchev–Trinajstić information content (AvgIpc) is 2.70. The van der Waals surface area contributed by atoms with Gasteiger partial charge in [-0.15, -0.1) is 0 Å². The number of esters is 2. The van der Waals surface area contributed by atoms with Crippen molar-refractivity contribution in [1.29, 1.82) is 0 Å². The van der Waals surface area contributed by atoms with Gasteiger partial charge in [0.15, 0.2) is 0 Å². The van der Waals surface area contributed by atoms with Crippen molar-refractivity contribution in [2.75, 3.05) is 13.2 Å². The van der Waals surface area contributed by atoms with Crippen LogP contribution in [0.4, 0.5) is 0 Å². The van der Waals surface area contributed by atoms with Gasteiger partial charge in [-0.05, 0) is 18.1 Å². The van der Waals surface area contributed by atoms with Gasteiger partial charge in [0, 0.05) is 24.5 Å². The Labute approximate surface area is 161 Å². The number of benzene rings is 2. The summed E-state index contributed by atoms with van der Waals surface area (Å²) in [6.45, 7) is 9.29. The van der Waals surface area contributed by atoms with Crippen molar-refractivity contribution in [3.63, 3.8) is 0 Å². The third kappa shape index (κ3) is 10.4. The van der Waals surface area contributed by atoms with Crippen molar-refractivity contribution in [3.05, 3.63) is 96.6 Å². The Morgan fingerprint density at radius 3 is 1.70 bits per heavy atom. The normalized spacial score (nSPS) is 9.37. The van der Waals surface area contributed by atoms with E-state index < -0.39 is 0 Å². The average molecular weight is 366 g/mol. The summed E-state index contributed by atoms with van der Waals surface area (Å²) in [6.07, 6.45) is 2.67. The molecule has 0 spiro atoms. The molecule has 2 aromatic carbocycles. The van der Waals surface area contributed by atoms with Gasteiger partial charge < -0.3 is 9.47 Å². The molecule has 0 aliphatic carbocycles. The lowest BCUT2D eigenvalue weighted by atomic mass is 10.2. The fourth-order valence-electron chi connectivity index (χ4n) is 2.00. The van der Waals surface area contributed by atoms with Gasteiger partial charge in [0.25, 0.3) is 0 Å². The van der Waals surface area contributed by atoms with Gasteiger partial charge >= 0.3 is 11.9 Å². The molecule has 2 rings (SSSR count). The van der Waals surface area contributed by atoms with E-state index in [2.05, 4.69) is 13.2 Å². The van der Waals surface area contributed by atoms with Crippen LogP contribution >= 0.6 is 0 Å². The molecule has 0 amide bonds. The van der Waals surface area contributed by atoms with E-state index in [0.29, 0.717) is 18.8 Å². The van der Waals surface area contributed by atoms with Gasteiger partial charge in [-0.3, -0.25) is 0 Å². The molecule has 0 heterocycles. The van der Waals surface area contributed by atoms with Crippen LogP contribution in [0.2, 0.25) is 0 Å². The van der Waals surface area contributed by atoms with Gasteiger partial charge in [-0.25, -0.2) is 9.59 Å². The maximum atomic E-state index is 11.0. The molecule has 0 radical (unpaired) electrons. The minimum Gasteiger partial charge on any atom is -0.462 e. The quantitative estimate of drug-likeness (QED) is 0.516. The minimum absolute atomic E-state index is 0.319. The molecule has 0 aromatic heterocycles. The molecule has 0 aliphatic rings. The van der Waals surface area contributed by atoms with E-state index in [9.17, 15) is 9.59 Å². The van der Waals surface area contributed by atoms with Crippen molar-refractivity contribution in [2.24, 2.45) is 0 Å². The zero-order valence-electron chi connectivity index (χ0n) is 15.7. The maximum absolute atomic E-state index is 11.0. The van der Waals surface area contributed by atoms with Crippen LogP contribution in [0.15, 0.2) is 85.5 Å². The number of hydrogen-bond donors (Lipinski definition) is 0. The highest BCUT2D eigenvalue weighted by Crippen LogP contribution is 2.01.